The molecule has 6 nitrogen and oxygen atoms in total. The number of rotatable bonds is 3. The first kappa shape index (κ1) is 16.4. The predicted octanol–water partition coefficient (Wildman–Crippen LogP) is 2.30. The fraction of sp³-hybridized carbons (Fsp3) is 0.312. The summed E-state index contributed by atoms with van der Waals surface area (Å²) in [4.78, 5) is 24.2. The van der Waals surface area contributed by atoms with Gasteiger partial charge in [-0.05, 0) is 24.3 Å². The first-order valence-corrected chi connectivity index (χ1v) is 7.99. The number of urea groups is 1. The van der Waals surface area contributed by atoms with E-state index in [4.69, 9.17) is 11.6 Å². The van der Waals surface area contributed by atoms with Gasteiger partial charge in [0.1, 0.15) is 11.6 Å². The maximum absolute atomic E-state index is 12.9. The molecule has 3 rings (SSSR count). The van der Waals surface area contributed by atoms with E-state index in [1.165, 1.54) is 12.3 Å². The third kappa shape index (κ3) is 4.11. The summed E-state index contributed by atoms with van der Waals surface area (Å²) >= 11 is 5.78. The summed E-state index contributed by atoms with van der Waals surface area (Å²) in [6.45, 7) is 2.84. The minimum absolute atomic E-state index is 0.126. The summed E-state index contributed by atoms with van der Waals surface area (Å²) < 4.78 is 12.9. The molecule has 3 heterocycles. The van der Waals surface area contributed by atoms with E-state index >= 15 is 0 Å². The van der Waals surface area contributed by atoms with Crippen LogP contribution in [0.4, 0.5) is 15.0 Å². The van der Waals surface area contributed by atoms with Gasteiger partial charge in [-0.3, -0.25) is 4.98 Å². The van der Waals surface area contributed by atoms with Crippen molar-refractivity contribution in [1.82, 2.24) is 20.2 Å². The zero-order valence-corrected chi connectivity index (χ0v) is 13.7. The average molecular weight is 350 g/mol. The monoisotopic (exact) mass is 349 g/mol. The van der Waals surface area contributed by atoms with E-state index in [2.05, 4.69) is 15.3 Å². The molecule has 1 aliphatic heterocycles. The summed E-state index contributed by atoms with van der Waals surface area (Å²) in [6, 6.07) is 6.43. The van der Waals surface area contributed by atoms with E-state index < -0.39 is 0 Å². The number of nitrogens with zero attached hydrogens (tertiary/aromatic N) is 4. The summed E-state index contributed by atoms with van der Waals surface area (Å²) in [5.41, 5.74) is 0.752. The van der Waals surface area contributed by atoms with Crippen LogP contribution in [0.15, 0.2) is 36.7 Å². The van der Waals surface area contributed by atoms with Gasteiger partial charge >= 0.3 is 6.03 Å². The van der Waals surface area contributed by atoms with Crippen LogP contribution in [0.3, 0.4) is 0 Å². The molecule has 0 radical (unpaired) electrons. The molecule has 1 fully saturated rings. The van der Waals surface area contributed by atoms with Gasteiger partial charge in [-0.2, -0.15) is 0 Å². The van der Waals surface area contributed by atoms with Gasteiger partial charge in [0.2, 0.25) is 0 Å². The number of carbonyl (C=O) groups excluding carboxylic acids is 1. The van der Waals surface area contributed by atoms with Gasteiger partial charge in [-0.1, -0.05) is 11.6 Å². The summed E-state index contributed by atoms with van der Waals surface area (Å²) in [6.07, 6.45) is 2.76. The third-order valence-electron chi connectivity index (χ3n) is 3.81. The van der Waals surface area contributed by atoms with E-state index in [-0.39, 0.29) is 11.8 Å². The highest BCUT2D eigenvalue weighted by Gasteiger charge is 2.21. The third-order valence-corrected chi connectivity index (χ3v) is 4.04. The minimum Gasteiger partial charge on any atom is -0.353 e. The van der Waals surface area contributed by atoms with Crippen molar-refractivity contribution in [2.75, 3.05) is 31.1 Å². The van der Waals surface area contributed by atoms with Crippen LogP contribution in [-0.4, -0.2) is 47.1 Å². The Morgan fingerprint density at radius 1 is 1.12 bits per heavy atom. The largest absolute Gasteiger partial charge is 0.353 e. The Balaban J connectivity index is 1.48. The Kier molecular flexibility index (Phi) is 5.10. The Labute approximate surface area is 144 Å². The molecule has 2 aromatic heterocycles. The van der Waals surface area contributed by atoms with Gasteiger partial charge in [0.15, 0.2) is 0 Å². The predicted molar refractivity (Wildman–Crippen MR) is 89.5 cm³/mol. The van der Waals surface area contributed by atoms with Gasteiger partial charge in [-0.25, -0.2) is 14.2 Å². The zero-order valence-electron chi connectivity index (χ0n) is 13.0. The topological polar surface area (TPSA) is 61.4 Å². The Morgan fingerprint density at radius 3 is 2.54 bits per heavy atom. The van der Waals surface area contributed by atoms with Crippen LogP contribution in [0.2, 0.25) is 5.02 Å². The molecule has 1 N–H and O–H groups in total. The van der Waals surface area contributed by atoms with Gasteiger partial charge in [0.05, 0.1) is 23.5 Å². The molecule has 0 unspecified atom stereocenters. The number of nitrogens with one attached hydrogen (secondary N) is 1. The molecular weight excluding hydrogens is 333 g/mol. The minimum atomic E-state index is -0.354. The molecule has 1 saturated heterocycles. The van der Waals surface area contributed by atoms with E-state index in [1.54, 1.807) is 29.3 Å². The van der Waals surface area contributed by atoms with Crippen molar-refractivity contribution >= 4 is 23.4 Å². The maximum atomic E-state index is 12.9. The van der Waals surface area contributed by atoms with Gasteiger partial charge < -0.3 is 15.1 Å². The molecule has 0 saturated carbocycles. The molecule has 0 aliphatic carbocycles. The normalized spacial score (nSPS) is 14.6. The van der Waals surface area contributed by atoms with Crippen molar-refractivity contribution in [3.63, 3.8) is 0 Å². The lowest BCUT2D eigenvalue weighted by atomic mass is 10.3. The SMILES string of the molecule is O=C(NCc1ccc(Cl)cn1)N1CCN(c2ccc(F)cn2)CC1. The Bertz CT molecular complexity index is 687. The van der Waals surface area contributed by atoms with Crippen LogP contribution in [-0.2, 0) is 6.54 Å². The molecule has 1 aliphatic rings. The van der Waals surface area contributed by atoms with Crippen LogP contribution in [0.25, 0.3) is 0 Å². The van der Waals surface area contributed by atoms with Crippen LogP contribution in [0.5, 0.6) is 0 Å². The highest BCUT2D eigenvalue weighted by atomic mass is 35.5. The number of amides is 2. The fourth-order valence-electron chi connectivity index (χ4n) is 2.48. The van der Waals surface area contributed by atoms with Crippen molar-refractivity contribution in [3.8, 4) is 0 Å². The highest BCUT2D eigenvalue weighted by molar-refractivity contribution is 6.30. The number of halogens is 2. The second-order valence-electron chi connectivity index (χ2n) is 5.44. The fourth-order valence-corrected chi connectivity index (χ4v) is 2.59. The highest BCUT2D eigenvalue weighted by Crippen LogP contribution is 2.13. The number of hydrogen-bond acceptors (Lipinski definition) is 4. The molecule has 0 spiro atoms. The second-order valence-corrected chi connectivity index (χ2v) is 5.87. The van der Waals surface area contributed by atoms with Crippen LogP contribution in [0.1, 0.15) is 5.69 Å². The van der Waals surface area contributed by atoms with Crippen molar-refractivity contribution in [2.24, 2.45) is 0 Å². The van der Waals surface area contributed by atoms with Gasteiger partial charge in [-0.15, -0.1) is 0 Å². The summed E-state index contributed by atoms with van der Waals surface area (Å²) in [5, 5.41) is 3.41. The summed E-state index contributed by atoms with van der Waals surface area (Å²) in [7, 11) is 0. The molecule has 2 aromatic rings. The van der Waals surface area contributed by atoms with Crippen molar-refractivity contribution < 1.29 is 9.18 Å². The number of carbonyl (C=O) groups is 1. The Hall–Kier alpha value is -2.41. The molecule has 24 heavy (non-hydrogen) atoms. The van der Waals surface area contributed by atoms with Crippen molar-refractivity contribution in [3.05, 3.63) is 53.2 Å². The lowest BCUT2D eigenvalue weighted by Gasteiger charge is -2.35. The second kappa shape index (κ2) is 7.44. The van der Waals surface area contributed by atoms with E-state index in [9.17, 15) is 9.18 Å². The van der Waals surface area contributed by atoms with Gasteiger partial charge in [0, 0.05) is 32.4 Å². The quantitative estimate of drug-likeness (QED) is 0.923. The molecule has 8 heteroatoms. The molecule has 0 bridgehead atoms. The summed E-state index contributed by atoms with van der Waals surface area (Å²) in [5.74, 6) is 0.370. The molecular formula is C16H17ClFN5O. The first-order valence-electron chi connectivity index (χ1n) is 7.61. The zero-order chi connectivity index (χ0) is 16.9. The smallest absolute Gasteiger partial charge is 0.317 e. The molecule has 0 aromatic carbocycles. The number of pyridine rings is 2. The molecule has 0 atom stereocenters. The number of anilines is 1. The standard InChI is InChI=1S/C16H17ClFN5O/c17-12-1-3-14(19-9-12)11-21-16(24)23-7-5-22(6-8-23)15-4-2-13(18)10-20-15/h1-4,9-10H,5-8,11H2,(H,21,24). The van der Waals surface area contributed by atoms with E-state index in [0.717, 1.165) is 11.5 Å². The van der Waals surface area contributed by atoms with Crippen LogP contribution >= 0.6 is 11.6 Å². The first-order chi connectivity index (χ1) is 11.6. The Morgan fingerprint density at radius 2 is 1.92 bits per heavy atom. The van der Waals surface area contributed by atoms with Crippen molar-refractivity contribution in [2.45, 2.75) is 6.54 Å². The van der Waals surface area contributed by atoms with E-state index in [0.29, 0.717) is 37.7 Å². The number of aromatic nitrogens is 2. The van der Waals surface area contributed by atoms with E-state index in [1.807, 2.05) is 4.90 Å². The maximum Gasteiger partial charge on any atom is 0.317 e. The number of hydrogen-bond donors (Lipinski definition) is 1. The average Bonchev–Trinajstić information content (AvgIpc) is 2.62. The van der Waals surface area contributed by atoms with Crippen molar-refractivity contribution in [1.29, 1.82) is 0 Å². The lowest BCUT2D eigenvalue weighted by molar-refractivity contribution is 0.193. The number of piperazine rings is 1. The molecule has 2 amide bonds. The van der Waals surface area contributed by atoms with Crippen LogP contribution in [0, 0.1) is 5.82 Å². The van der Waals surface area contributed by atoms with Gasteiger partial charge in [0.25, 0.3) is 0 Å². The lowest BCUT2D eigenvalue weighted by Crippen LogP contribution is -2.51. The van der Waals surface area contributed by atoms with Crippen LogP contribution < -0.4 is 10.2 Å². The molecule has 126 valence electrons.